The third kappa shape index (κ3) is 21.6. The van der Waals surface area contributed by atoms with E-state index >= 15 is 0 Å². The van der Waals surface area contributed by atoms with Crippen LogP contribution in [0.3, 0.4) is 0 Å². The molecule has 0 saturated heterocycles. The van der Waals surface area contributed by atoms with Gasteiger partial charge >= 0.3 is 12.4 Å². The molecule has 0 atom stereocenters. The molecule has 5 aliphatic rings. The Bertz CT molecular complexity index is 7560. The Labute approximate surface area is 845 Å². The van der Waals surface area contributed by atoms with Crippen molar-refractivity contribution < 1.29 is 114 Å². The number of fused-ring (bicyclic) bond motifs is 12. The number of hydrogen-bond acceptors (Lipinski definition) is 8. The summed E-state index contributed by atoms with van der Waals surface area (Å²) in [4.78, 5) is 34.6. The number of aryl methyl sites for hydroxylation is 3. The molecule has 0 saturated carbocycles. The number of carbonyl (C=O) groups excluding carboxylic acids is 1. The van der Waals surface area contributed by atoms with E-state index in [0.29, 0.717) is 46.6 Å². The molecular formula is C118H97F8Ir3N8O2-3. The summed E-state index contributed by atoms with van der Waals surface area (Å²) >= 11 is 0. The van der Waals surface area contributed by atoms with Crippen molar-refractivity contribution in [3.8, 4) is 89.9 Å². The second-order valence-corrected chi connectivity index (χ2v) is 35.8. The molecule has 1 N–H and O–H groups in total. The molecule has 2 aliphatic heterocycles. The molecule has 3 radical (unpaired) electrons. The number of rotatable bonds is 5. The van der Waals surface area contributed by atoms with Crippen LogP contribution in [0.25, 0.3) is 122 Å². The van der Waals surface area contributed by atoms with Gasteiger partial charge in [0.05, 0.1) is 22.4 Å². The normalized spacial score (nSPS) is 13.0. The minimum absolute atomic E-state index is 0. The fraction of sp³-hybridized carbons (Fsp3) is 0.169. The molecule has 0 unspecified atom stereocenters. The average molecular weight is 2390 g/mol. The van der Waals surface area contributed by atoms with Crippen LogP contribution in [0.4, 0.5) is 40.8 Å². The number of pyridine rings is 7. The van der Waals surface area contributed by atoms with Gasteiger partial charge in [-0.1, -0.05) is 186 Å². The van der Waals surface area contributed by atoms with Crippen LogP contribution in [0.5, 0.6) is 0 Å². The van der Waals surface area contributed by atoms with Crippen LogP contribution in [0.2, 0.25) is 0 Å². The summed E-state index contributed by atoms with van der Waals surface area (Å²) in [7, 11) is 4.05. The topological polar surface area (TPSA) is 113 Å². The van der Waals surface area contributed by atoms with Crippen molar-refractivity contribution in [2.45, 2.75) is 118 Å². The van der Waals surface area contributed by atoms with Gasteiger partial charge in [0.15, 0.2) is 25.1 Å². The van der Waals surface area contributed by atoms with Crippen molar-refractivity contribution in [3.05, 3.63) is 442 Å². The first-order chi connectivity index (χ1) is 65.1. The Morgan fingerprint density at radius 1 is 0.439 bits per heavy atom. The van der Waals surface area contributed by atoms with Gasteiger partial charge in [-0.15, -0.1) is 148 Å². The van der Waals surface area contributed by atoms with Crippen molar-refractivity contribution in [2.24, 2.45) is 0 Å². The zero-order valence-corrected chi connectivity index (χ0v) is 85.7. The second kappa shape index (κ2) is 42.9. The van der Waals surface area contributed by atoms with Gasteiger partial charge < -0.3 is 34.9 Å². The van der Waals surface area contributed by atoms with E-state index in [9.17, 15) is 39.9 Å². The number of alkyl halides is 6. The van der Waals surface area contributed by atoms with Crippen LogP contribution in [0, 0.1) is 62.7 Å². The fourth-order valence-electron chi connectivity index (χ4n) is 18.7. The van der Waals surface area contributed by atoms with Gasteiger partial charge in [0, 0.05) is 164 Å². The number of halogens is 8. The molecule has 139 heavy (non-hydrogen) atoms. The van der Waals surface area contributed by atoms with E-state index in [1.807, 2.05) is 177 Å². The molecule has 0 amide bonds. The Morgan fingerprint density at radius 2 is 0.978 bits per heavy atom. The van der Waals surface area contributed by atoms with Crippen LogP contribution in [-0.2, 0) is 107 Å². The minimum atomic E-state index is -4.31. The summed E-state index contributed by atoms with van der Waals surface area (Å²) < 4.78 is 110. The summed E-state index contributed by atoms with van der Waals surface area (Å²) in [5.41, 5.74) is 24.7. The van der Waals surface area contributed by atoms with E-state index in [0.717, 1.165) is 129 Å². The van der Waals surface area contributed by atoms with Crippen LogP contribution in [-0.4, -0.2) is 49.9 Å². The molecule has 10 nitrogen and oxygen atoms in total. The van der Waals surface area contributed by atoms with Gasteiger partial charge in [0.25, 0.3) is 5.69 Å². The van der Waals surface area contributed by atoms with Gasteiger partial charge in [-0.05, 0) is 193 Å². The first-order valence-electron chi connectivity index (χ1n) is 44.5. The maximum absolute atomic E-state index is 14.7. The number of nitrogens with zero attached hydrogens (tertiary/aromatic N) is 8. The van der Waals surface area contributed by atoms with E-state index < -0.39 is 29.0 Å². The van der Waals surface area contributed by atoms with Crippen LogP contribution < -0.4 is 14.0 Å². The summed E-state index contributed by atoms with van der Waals surface area (Å²) in [5, 5.41) is 15.4. The Kier molecular flexibility index (Phi) is 31.8. The van der Waals surface area contributed by atoms with Gasteiger partial charge in [-0.3, -0.25) is 4.79 Å². The number of ketones is 1. The summed E-state index contributed by atoms with van der Waals surface area (Å²) in [6, 6.07) is 104. The van der Waals surface area contributed by atoms with Gasteiger partial charge in [0.1, 0.15) is 0 Å². The molecule has 0 bridgehead atoms. The zero-order chi connectivity index (χ0) is 96.3. The van der Waals surface area contributed by atoms with Crippen molar-refractivity contribution >= 4 is 43.8 Å². The third-order valence-corrected chi connectivity index (χ3v) is 25.0. The maximum Gasteiger partial charge on any atom is 0.477 e. The summed E-state index contributed by atoms with van der Waals surface area (Å²) in [5.74, 6) is -0.440. The van der Waals surface area contributed by atoms with E-state index in [1.54, 1.807) is 37.5 Å². The number of aromatic nitrogens is 7. The number of benzene rings is 11. The summed E-state index contributed by atoms with van der Waals surface area (Å²) in [6.07, 6.45) is 3.58. The molecule has 3 aliphatic carbocycles. The Balaban J connectivity index is 0.000000136. The average Bonchev–Trinajstić information content (AvgIpc) is 1.63. The second-order valence-electron chi connectivity index (χ2n) is 35.8. The van der Waals surface area contributed by atoms with Gasteiger partial charge in [-0.2, -0.15) is 35.5 Å². The van der Waals surface area contributed by atoms with Crippen molar-refractivity contribution in [1.29, 1.82) is 0 Å². The molecule has 7 aromatic heterocycles. The number of hydrogen-bond donors (Lipinski definition) is 1. The molecule has 9 heterocycles. The zero-order valence-electron chi connectivity index (χ0n) is 78.5. The van der Waals surface area contributed by atoms with E-state index in [2.05, 4.69) is 208 Å². The molecule has 0 fully saturated rings. The SMILES string of the molecule is CC(=O)C=C(C)O.CC1(C)c2c([c-]ccc2F)-c2ncc(-c3ccccc3)c3cccc1c23.CC1(C)c2c([c-]ccc2F)-c2nccc3cccc1c23.CC1(C)c2ccc[c-]c2-c2nccc3cccc1c23.CN(C)c1cc[c-]c(-c2ccccn2)c1.Cc1cc2c(c(C(F)(F)F)c1)C[n+]1ccccc1-2.Cc1cc[c-]c(-c2cc(C)ccn2)c1.FC(F)(F)c1cccc2[n+]1Cc1ccccc1-2.[Ir].[Ir].[Ir]. The van der Waals surface area contributed by atoms with E-state index in [4.69, 9.17) is 10.1 Å². The first-order valence-corrected chi connectivity index (χ1v) is 44.5. The molecule has 707 valence electrons. The molecule has 21 heteroatoms. The predicted octanol–water partition coefficient (Wildman–Crippen LogP) is 28.1. The van der Waals surface area contributed by atoms with Crippen molar-refractivity contribution in [1.82, 2.24) is 24.9 Å². The van der Waals surface area contributed by atoms with Crippen LogP contribution in [0.1, 0.15) is 128 Å². The smallest absolute Gasteiger partial charge is 0.477 e. The monoisotopic (exact) mass is 2390 g/mol. The van der Waals surface area contributed by atoms with E-state index in [-0.39, 0.29) is 94.3 Å². The molecule has 11 aromatic carbocycles. The molecular weight excluding hydrogens is 2290 g/mol. The van der Waals surface area contributed by atoms with Gasteiger partial charge in [0.2, 0.25) is 11.4 Å². The molecule has 18 aromatic rings. The first kappa shape index (κ1) is 103. The van der Waals surface area contributed by atoms with Crippen molar-refractivity contribution in [3.63, 3.8) is 0 Å². The fourth-order valence-corrected chi connectivity index (χ4v) is 18.7. The van der Waals surface area contributed by atoms with Gasteiger partial charge in [-0.25, -0.2) is 8.78 Å². The third-order valence-electron chi connectivity index (χ3n) is 25.0. The maximum atomic E-state index is 14.7. The standard InChI is InChI=1S/C24H17FN.C18H13FN.C18H14N.C14H11F3N.C13H9F3N.C13H13N2.C13H12N.C5H8O2.3Ir/c1-24(2)19-12-6-10-16-18(15-8-4-3-5-9-15)14-26-23(21(16)19)17-11-7-13-20(25)22(17)24;1-18(2)13-7-3-5-11-9-10-20-17(15(11)13)12-6-4-8-14(19)16(12)18;1-18(2)14-8-4-3-7-13(14)17-16-12(10-11-19-17)6-5-9-15(16)18;1-9-6-10-11(12(7-9)14(15,16)17)8-18-5-3-2-4-13(10)18;14-13(15,16)12-7-3-6-11-10-5-2-1-4-9(10)8-17(11)12;1-15(2)12-7-5-6-11(10-12)13-8-3-4-9-14-13;1-10-4-3-5-12(8-10)13-9-11(2)6-7-14-13;1-4(6)3-5(2)7;;;/h3-10,12-14H,1-2H3;3-5,7-10H,1-2H3;3-6,8-11H,1-2H3;2-7H,8H2,1H3;1-7H,8H2;3-5,7-10H,1-2H3;3-4,6-9H,1-2H3;3,6H,1-2H3;;;/q3*-1;2*+1;2*-1;;;;. The number of aliphatic hydroxyl groups excluding tert-OH is 1. The number of carbonyl (C=O) groups is 1. The van der Waals surface area contributed by atoms with Crippen molar-refractivity contribution in [2.75, 3.05) is 19.0 Å². The van der Waals surface area contributed by atoms with Crippen LogP contribution in [0.15, 0.2) is 328 Å². The quantitative estimate of drug-likeness (QED) is 0.0596. The number of aliphatic hydroxyl groups is 1. The Hall–Kier alpha value is -13.4. The van der Waals surface area contributed by atoms with Crippen LogP contribution >= 0.6 is 0 Å². The van der Waals surface area contributed by atoms with E-state index in [1.165, 1.54) is 81.8 Å². The largest absolute Gasteiger partial charge is 0.512 e. The molecule has 23 rings (SSSR count). The molecule has 0 spiro atoms. The Morgan fingerprint density at radius 3 is 1.58 bits per heavy atom. The summed E-state index contributed by atoms with van der Waals surface area (Å²) in [6.45, 7) is 22.1. The number of allylic oxidation sites excluding steroid dienone is 2. The minimum Gasteiger partial charge on any atom is -0.512 e. The predicted molar refractivity (Wildman–Crippen MR) is 525 cm³/mol. The number of anilines is 1.